The molecule has 4 rings (SSSR count). The Kier molecular flexibility index (Phi) is 4.04. The first-order valence-corrected chi connectivity index (χ1v) is 10.6. The van der Waals surface area contributed by atoms with Gasteiger partial charge in [0.25, 0.3) is 0 Å². The van der Waals surface area contributed by atoms with Crippen molar-refractivity contribution in [3.05, 3.63) is 35.7 Å². The molecule has 130 valence electrons. The number of sulfone groups is 1. The summed E-state index contributed by atoms with van der Waals surface area (Å²) in [6.45, 7) is 0. The Morgan fingerprint density at radius 1 is 1.24 bits per heavy atom. The van der Waals surface area contributed by atoms with Gasteiger partial charge in [-0.15, -0.1) is 11.3 Å². The van der Waals surface area contributed by atoms with Gasteiger partial charge in [-0.2, -0.15) is 5.10 Å². The van der Waals surface area contributed by atoms with E-state index in [1.165, 1.54) is 11.3 Å². The monoisotopic (exact) mass is 375 g/mol. The topological polar surface area (TPSA) is 89.8 Å². The second-order valence-electron chi connectivity index (χ2n) is 5.91. The molecule has 3 aromatic rings. The molecule has 3 heterocycles. The van der Waals surface area contributed by atoms with E-state index < -0.39 is 9.84 Å². The van der Waals surface area contributed by atoms with Gasteiger partial charge < -0.3 is 5.32 Å². The number of benzene rings is 1. The van der Waals surface area contributed by atoms with Gasteiger partial charge in [-0.3, -0.25) is 0 Å². The highest BCUT2D eigenvalue weighted by molar-refractivity contribution is 7.91. The maximum atomic E-state index is 11.9. The summed E-state index contributed by atoms with van der Waals surface area (Å²) in [6.07, 6.45) is 0.552. The fraction of sp³-hybridized carbons (Fsp3) is 0.312. The number of thiazole rings is 1. The van der Waals surface area contributed by atoms with Crippen molar-refractivity contribution in [2.24, 2.45) is 0 Å². The summed E-state index contributed by atoms with van der Waals surface area (Å²) in [6, 6.07) is 9.47. The van der Waals surface area contributed by atoms with Crippen LogP contribution in [-0.2, 0) is 9.84 Å². The first-order valence-electron chi connectivity index (χ1n) is 7.92. The first kappa shape index (κ1) is 16.2. The van der Waals surface area contributed by atoms with Gasteiger partial charge in [0.1, 0.15) is 5.69 Å². The summed E-state index contributed by atoms with van der Waals surface area (Å²) in [7, 11) is -1.20. The molecule has 0 aliphatic carbocycles. The molecule has 0 radical (unpaired) electrons. The van der Waals surface area contributed by atoms with E-state index in [-0.39, 0.29) is 17.5 Å². The average Bonchev–Trinajstić information content (AvgIpc) is 3.32. The second-order valence-corrected chi connectivity index (χ2v) is 9.00. The number of nitrogens with one attached hydrogen (secondary N) is 1. The molecule has 1 aliphatic heterocycles. The Morgan fingerprint density at radius 2 is 2.04 bits per heavy atom. The van der Waals surface area contributed by atoms with Crippen LogP contribution in [-0.4, -0.2) is 46.7 Å². The third kappa shape index (κ3) is 3.16. The normalized spacial score (nSPS) is 19.2. The Morgan fingerprint density at radius 3 is 2.68 bits per heavy atom. The van der Waals surface area contributed by atoms with Gasteiger partial charge in [0.05, 0.1) is 17.5 Å². The lowest BCUT2D eigenvalue weighted by Gasteiger charge is -2.10. The minimum Gasteiger partial charge on any atom is -0.365 e. The molecule has 0 amide bonds. The van der Waals surface area contributed by atoms with Crippen LogP contribution < -0.4 is 5.32 Å². The zero-order valence-electron chi connectivity index (χ0n) is 13.6. The van der Waals surface area contributed by atoms with Crippen LogP contribution in [0.15, 0.2) is 35.7 Å². The summed E-state index contributed by atoms with van der Waals surface area (Å²) in [5.74, 6) is 1.48. The standard InChI is InChI=1S/C16H17N5O2S2/c1-17-16-18-13(9-24-16)15-19-14(11-5-3-2-4-6-11)20-21(15)12-7-8-25(22,23)10-12/h2-6,9,12H,7-8,10H2,1H3,(H,17,18)/t12-/m0/s1. The minimum absolute atomic E-state index is 0.0978. The molecule has 0 unspecified atom stereocenters. The van der Waals surface area contributed by atoms with Crippen molar-refractivity contribution in [3.63, 3.8) is 0 Å². The molecule has 1 aliphatic rings. The number of nitrogens with zero attached hydrogens (tertiary/aromatic N) is 4. The lowest BCUT2D eigenvalue weighted by molar-refractivity contribution is 0.504. The molecular weight excluding hydrogens is 358 g/mol. The van der Waals surface area contributed by atoms with Crippen molar-refractivity contribution in [2.45, 2.75) is 12.5 Å². The molecule has 1 fully saturated rings. The summed E-state index contributed by atoms with van der Waals surface area (Å²) in [5, 5.41) is 10.3. The largest absolute Gasteiger partial charge is 0.365 e. The van der Waals surface area contributed by atoms with Crippen LogP contribution >= 0.6 is 11.3 Å². The fourth-order valence-corrected chi connectivity index (χ4v) is 5.26. The highest BCUT2D eigenvalue weighted by Gasteiger charge is 2.32. The molecule has 7 nitrogen and oxygen atoms in total. The summed E-state index contributed by atoms with van der Waals surface area (Å²) < 4.78 is 25.5. The Hall–Kier alpha value is -2.26. The molecule has 25 heavy (non-hydrogen) atoms. The van der Waals surface area contributed by atoms with E-state index in [4.69, 9.17) is 0 Å². The van der Waals surface area contributed by atoms with Crippen molar-refractivity contribution in [1.82, 2.24) is 19.7 Å². The molecule has 1 atom stereocenters. The lowest BCUT2D eigenvalue weighted by atomic mass is 10.2. The van der Waals surface area contributed by atoms with Crippen molar-refractivity contribution < 1.29 is 8.42 Å². The molecule has 1 saturated heterocycles. The number of aromatic nitrogens is 4. The molecule has 1 aromatic carbocycles. The first-order chi connectivity index (χ1) is 12.1. The van der Waals surface area contributed by atoms with Crippen molar-refractivity contribution in [1.29, 1.82) is 0 Å². The van der Waals surface area contributed by atoms with E-state index in [0.29, 0.717) is 23.8 Å². The van der Waals surface area contributed by atoms with Crippen LogP contribution in [0.25, 0.3) is 22.9 Å². The smallest absolute Gasteiger partial charge is 0.183 e. The van der Waals surface area contributed by atoms with E-state index >= 15 is 0 Å². The highest BCUT2D eigenvalue weighted by Crippen LogP contribution is 2.31. The predicted octanol–water partition coefficient (Wildman–Crippen LogP) is 2.47. The molecule has 0 saturated carbocycles. The predicted molar refractivity (Wildman–Crippen MR) is 98.4 cm³/mol. The zero-order valence-corrected chi connectivity index (χ0v) is 15.2. The van der Waals surface area contributed by atoms with Crippen LogP contribution in [0.3, 0.4) is 0 Å². The van der Waals surface area contributed by atoms with Crippen LogP contribution in [0.1, 0.15) is 12.5 Å². The lowest BCUT2D eigenvalue weighted by Crippen LogP contribution is -2.14. The number of rotatable bonds is 4. The molecule has 1 N–H and O–H groups in total. The van der Waals surface area contributed by atoms with Gasteiger partial charge in [0.15, 0.2) is 26.6 Å². The van der Waals surface area contributed by atoms with Gasteiger partial charge in [-0.1, -0.05) is 30.3 Å². The average molecular weight is 375 g/mol. The third-order valence-electron chi connectivity index (χ3n) is 4.16. The highest BCUT2D eigenvalue weighted by atomic mass is 32.2. The van der Waals surface area contributed by atoms with Crippen LogP contribution in [0.2, 0.25) is 0 Å². The summed E-state index contributed by atoms with van der Waals surface area (Å²) in [5.41, 5.74) is 1.60. The van der Waals surface area contributed by atoms with E-state index in [9.17, 15) is 8.42 Å². The Balaban J connectivity index is 1.81. The maximum Gasteiger partial charge on any atom is 0.183 e. The maximum absolute atomic E-state index is 11.9. The number of hydrogen-bond donors (Lipinski definition) is 1. The van der Waals surface area contributed by atoms with Gasteiger partial charge in [-0.05, 0) is 6.42 Å². The zero-order chi connectivity index (χ0) is 17.4. The van der Waals surface area contributed by atoms with Gasteiger partial charge in [-0.25, -0.2) is 23.1 Å². The SMILES string of the molecule is CNc1nc(-c2nc(-c3ccccc3)nn2[C@H]2CCS(=O)(=O)C2)cs1. The minimum atomic E-state index is -3.02. The van der Waals surface area contributed by atoms with E-state index in [2.05, 4.69) is 20.4 Å². The Bertz CT molecular complexity index is 995. The Labute approximate surface area is 149 Å². The second kappa shape index (κ2) is 6.23. The van der Waals surface area contributed by atoms with Crippen molar-refractivity contribution in [3.8, 4) is 22.9 Å². The van der Waals surface area contributed by atoms with Gasteiger partial charge >= 0.3 is 0 Å². The third-order valence-corrected chi connectivity index (χ3v) is 6.77. The summed E-state index contributed by atoms with van der Waals surface area (Å²) in [4.78, 5) is 9.17. The fourth-order valence-electron chi connectivity index (χ4n) is 2.92. The van der Waals surface area contributed by atoms with E-state index in [1.54, 1.807) is 4.68 Å². The van der Waals surface area contributed by atoms with Gasteiger partial charge in [0, 0.05) is 18.0 Å². The van der Waals surface area contributed by atoms with Gasteiger partial charge in [0.2, 0.25) is 0 Å². The van der Waals surface area contributed by atoms with E-state index in [1.807, 2.05) is 42.8 Å². The number of hydrogen-bond acceptors (Lipinski definition) is 7. The molecular formula is C16H17N5O2S2. The van der Waals surface area contributed by atoms with Crippen molar-refractivity contribution >= 4 is 26.3 Å². The van der Waals surface area contributed by atoms with Crippen LogP contribution in [0.4, 0.5) is 5.13 Å². The van der Waals surface area contributed by atoms with Crippen LogP contribution in [0, 0.1) is 0 Å². The molecule has 0 bridgehead atoms. The summed E-state index contributed by atoms with van der Waals surface area (Å²) >= 11 is 1.48. The molecule has 0 spiro atoms. The molecule has 9 heteroatoms. The molecule has 2 aromatic heterocycles. The van der Waals surface area contributed by atoms with Crippen LogP contribution in [0.5, 0.6) is 0 Å². The number of anilines is 1. The quantitative estimate of drug-likeness (QED) is 0.753. The van der Waals surface area contributed by atoms with Crippen molar-refractivity contribution in [2.75, 3.05) is 23.9 Å². The van der Waals surface area contributed by atoms with E-state index in [0.717, 1.165) is 10.7 Å².